The van der Waals surface area contributed by atoms with Crippen LogP contribution in [0, 0.1) is 0 Å². The number of nitrogens with two attached hydrogens (primary N) is 1. The van der Waals surface area contributed by atoms with E-state index in [9.17, 15) is 0 Å². The summed E-state index contributed by atoms with van der Waals surface area (Å²) < 4.78 is 5.82. The number of fused-ring (bicyclic) bond motifs is 1. The molecular formula is C15H11Cl2N3O. The number of benzene rings is 2. The van der Waals surface area contributed by atoms with Gasteiger partial charge in [-0.2, -0.15) is 4.98 Å². The molecule has 0 aliphatic carbocycles. The van der Waals surface area contributed by atoms with Crippen LogP contribution in [-0.4, -0.2) is 4.98 Å². The molecule has 3 aromatic rings. The highest BCUT2D eigenvalue weighted by Gasteiger charge is 2.12. The molecule has 0 aliphatic heterocycles. The van der Waals surface area contributed by atoms with E-state index in [1.807, 2.05) is 42.5 Å². The van der Waals surface area contributed by atoms with Gasteiger partial charge in [0.1, 0.15) is 10.8 Å². The fourth-order valence-corrected chi connectivity index (χ4v) is 2.46. The first-order valence-electron chi connectivity index (χ1n) is 6.17. The molecule has 21 heavy (non-hydrogen) atoms. The number of anilines is 1. The lowest BCUT2D eigenvalue weighted by molar-refractivity contribution is 0.469. The lowest BCUT2D eigenvalue weighted by atomic mass is 10.1. The van der Waals surface area contributed by atoms with Crippen LogP contribution in [0.1, 0.15) is 0 Å². The molecule has 0 atom stereocenters. The predicted molar refractivity (Wildman–Crippen MR) is 86.1 cm³/mol. The molecule has 1 aromatic heterocycles. The van der Waals surface area contributed by atoms with Crippen LogP contribution >= 0.6 is 23.2 Å². The first-order valence-corrected chi connectivity index (χ1v) is 6.93. The molecule has 0 fully saturated rings. The second-order valence-electron chi connectivity index (χ2n) is 4.33. The van der Waals surface area contributed by atoms with Crippen molar-refractivity contribution in [2.75, 3.05) is 5.43 Å². The number of ether oxygens (including phenoxy) is 1. The maximum absolute atomic E-state index is 6.12. The van der Waals surface area contributed by atoms with Crippen molar-refractivity contribution < 1.29 is 4.74 Å². The van der Waals surface area contributed by atoms with E-state index in [0.29, 0.717) is 21.6 Å². The number of hydrazine groups is 1. The van der Waals surface area contributed by atoms with E-state index in [2.05, 4.69) is 10.4 Å². The van der Waals surface area contributed by atoms with Crippen LogP contribution in [0.3, 0.4) is 0 Å². The standard InChI is InChI=1S/C15H11Cl2N3O/c16-11-8-12(17)15(19-14(11)20-18)21-13-7-3-5-9-4-1-2-6-10(9)13/h1-8H,18H2,(H,19,20). The Bertz CT molecular complexity index is 803. The summed E-state index contributed by atoms with van der Waals surface area (Å²) in [5.41, 5.74) is 2.40. The van der Waals surface area contributed by atoms with E-state index in [0.717, 1.165) is 10.8 Å². The lowest BCUT2D eigenvalue weighted by Gasteiger charge is -2.11. The number of rotatable bonds is 3. The van der Waals surface area contributed by atoms with Crippen molar-refractivity contribution in [1.29, 1.82) is 0 Å². The smallest absolute Gasteiger partial charge is 0.240 e. The third kappa shape index (κ3) is 2.74. The van der Waals surface area contributed by atoms with Gasteiger partial charge >= 0.3 is 0 Å². The highest BCUT2D eigenvalue weighted by Crippen LogP contribution is 2.35. The summed E-state index contributed by atoms with van der Waals surface area (Å²) >= 11 is 12.1. The van der Waals surface area contributed by atoms with E-state index < -0.39 is 0 Å². The summed E-state index contributed by atoms with van der Waals surface area (Å²) in [5.74, 6) is 6.56. The molecule has 0 saturated carbocycles. The topological polar surface area (TPSA) is 60.2 Å². The number of nitrogen functional groups attached to an aromatic ring is 1. The number of hydrogen-bond donors (Lipinski definition) is 2. The van der Waals surface area contributed by atoms with Gasteiger partial charge in [-0.3, -0.25) is 0 Å². The summed E-state index contributed by atoms with van der Waals surface area (Å²) in [4.78, 5) is 4.17. The van der Waals surface area contributed by atoms with Crippen LogP contribution in [-0.2, 0) is 0 Å². The van der Waals surface area contributed by atoms with Crippen molar-refractivity contribution in [3.8, 4) is 11.6 Å². The number of nitrogens with one attached hydrogen (secondary N) is 1. The van der Waals surface area contributed by atoms with Gasteiger partial charge < -0.3 is 10.2 Å². The Morgan fingerprint density at radius 3 is 2.57 bits per heavy atom. The molecule has 0 amide bonds. The number of halogens is 2. The number of hydrogen-bond acceptors (Lipinski definition) is 4. The molecule has 0 unspecified atom stereocenters. The van der Waals surface area contributed by atoms with E-state index in [-0.39, 0.29) is 5.88 Å². The molecule has 106 valence electrons. The van der Waals surface area contributed by atoms with Crippen LogP contribution in [0.4, 0.5) is 5.82 Å². The number of pyridine rings is 1. The van der Waals surface area contributed by atoms with E-state index >= 15 is 0 Å². The molecule has 0 bridgehead atoms. The van der Waals surface area contributed by atoms with Crippen molar-refractivity contribution in [1.82, 2.24) is 4.98 Å². The summed E-state index contributed by atoms with van der Waals surface area (Å²) in [6, 6.07) is 15.2. The molecule has 1 heterocycles. The van der Waals surface area contributed by atoms with Crippen LogP contribution < -0.4 is 16.0 Å². The quantitative estimate of drug-likeness (QED) is 0.546. The lowest BCUT2D eigenvalue weighted by Crippen LogP contribution is -2.09. The zero-order valence-corrected chi connectivity index (χ0v) is 12.3. The Labute approximate surface area is 131 Å². The Kier molecular flexibility index (Phi) is 3.84. The minimum Gasteiger partial charge on any atom is -0.437 e. The zero-order chi connectivity index (χ0) is 14.8. The van der Waals surface area contributed by atoms with E-state index in [1.54, 1.807) is 0 Å². The third-order valence-electron chi connectivity index (χ3n) is 2.99. The molecule has 0 aliphatic rings. The Balaban J connectivity index is 2.07. The highest BCUT2D eigenvalue weighted by atomic mass is 35.5. The third-order valence-corrected chi connectivity index (χ3v) is 3.55. The van der Waals surface area contributed by atoms with Gasteiger partial charge in [-0.1, -0.05) is 59.6 Å². The van der Waals surface area contributed by atoms with Crippen molar-refractivity contribution in [3.63, 3.8) is 0 Å². The van der Waals surface area contributed by atoms with Gasteiger partial charge in [0.15, 0.2) is 5.82 Å². The average molecular weight is 320 g/mol. The van der Waals surface area contributed by atoms with Crippen molar-refractivity contribution >= 4 is 39.8 Å². The fourth-order valence-electron chi connectivity index (χ4n) is 2.01. The minimum absolute atomic E-state index is 0.241. The Morgan fingerprint density at radius 2 is 1.76 bits per heavy atom. The van der Waals surface area contributed by atoms with Crippen molar-refractivity contribution in [3.05, 3.63) is 58.6 Å². The first-order chi connectivity index (χ1) is 10.2. The average Bonchev–Trinajstić information content (AvgIpc) is 2.50. The molecule has 0 radical (unpaired) electrons. The normalized spacial score (nSPS) is 10.6. The summed E-state index contributed by atoms with van der Waals surface area (Å²) in [6.07, 6.45) is 0. The van der Waals surface area contributed by atoms with Gasteiger partial charge in [-0.15, -0.1) is 0 Å². The molecular weight excluding hydrogens is 309 g/mol. The molecule has 4 nitrogen and oxygen atoms in total. The number of aromatic nitrogens is 1. The van der Waals surface area contributed by atoms with Crippen LogP contribution in [0.25, 0.3) is 10.8 Å². The SMILES string of the molecule is NNc1nc(Oc2cccc3ccccc23)c(Cl)cc1Cl. The molecule has 6 heteroatoms. The molecule has 0 spiro atoms. The molecule has 0 saturated heterocycles. The maximum Gasteiger partial charge on any atom is 0.240 e. The molecule has 3 N–H and O–H groups in total. The summed E-state index contributed by atoms with van der Waals surface area (Å²) in [5, 5.41) is 2.67. The largest absolute Gasteiger partial charge is 0.437 e. The van der Waals surface area contributed by atoms with Crippen LogP contribution in [0.15, 0.2) is 48.5 Å². The Hall–Kier alpha value is -2.01. The monoisotopic (exact) mass is 319 g/mol. The van der Waals surface area contributed by atoms with Gasteiger partial charge in [0.05, 0.1) is 5.02 Å². The second kappa shape index (κ2) is 5.77. The summed E-state index contributed by atoms with van der Waals surface area (Å²) in [7, 11) is 0. The second-order valence-corrected chi connectivity index (χ2v) is 5.14. The Morgan fingerprint density at radius 1 is 1.00 bits per heavy atom. The fraction of sp³-hybridized carbons (Fsp3) is 0. The van der Waals surface area contributed by atoms with Crippen molar-refractivity contribution in [2.24, 2.45) is 5.84 Å². The molecule has 3 rings (SSSR count). The predicted octanol–water partition coefficient (Wildman–Crippen LogP) is 4.62. The summed E-state index contributed by atoms with van der Waals surface area (Å²) in [6.45, 7) is 0. The van der Waals surface area contributed by atoms with Gasteiger partial charge in [0.2, 0.25) is 5.88 Å². The highest BCUT2D eigenvalue weighted by molar-refractivity contribution is 6.36. The zero-order valence-electron chi connectivity index (χ0n) is 10.8. The van der Waals surface area contributed by atoms with Gasteiger partial charge in [0, 0.05) is 5.39 Å². The van der Waals surface area contributed by atoms with E-state index in [1.165, 1.54) is 6.07 Å². The first kappa shape index (κ1) is 13.9. The van der Waals surface area contributed by atoms with Gasteiger partial charge in [-0.05, 0) is 17.5 Å². The minimum atomic E-state index is 0.241. The van der Waals surface area contributed by atoms with Gasteiger partial charge in [-0.25, -0.2) is 5.84 Å². The molecule has 2 aromatic carbocycles. The van der Waals surface area contributed by atoms with E-state index in [4.69, 9.17) is 33.8 Å². The van der Waals surface area contributed by atoms with Gasteiger partial charge in [0.25, 0.3) is 0 Å². The van der Waals surface area contributed by atoms with Crippen molar-refractivity contribution in [2.45, 2.75) is 0 Å². The van der Waals surface area contributed by atoms with Crippen LogP contribution in [0.5, 0.6) is 11.6 Å². The number of nitrogens with zero attached hydrogens (tertiary/aromatic N) is 1. The van der Waals surface area contributed by atoms with Crippen LogP contribution in [0.2, 0.25) is 10.0 Å². The maximum atomic E-state index is 6.12.